The molecule has 3 rings (SSSR count). The molecule has 0 aliphatic heterocycles. The minimum Gasteiger partial charge on any atom is -0.344 e. The standard InChI is InChI=1S/C15H11FN4O2/c16-11-5-3-4-10(8-11)9-18-14(21)15-19-13(20-22-15)12-6-1-2-7-17-12/h1-8H,9H2,(H,18,21). The average Bonchev–Trinajstić information content (AvgIpc) is 3.04. The van der Waals surface area contributed by atoms with E-state index in [4.69, 9.17) is 4.52 Å². The van der Waals surface area contributed by atoms with Crippen LogP contribution in [-0.4, -0.2) is 21.0 Å². The number of nitrogens with one attached hydrogen (secondary N) is 1. The molecule has 7 heteroatoms. The Labute approximate surface area is 125 Å². The fraction of sp³-hybridized carbons (Fsp3) is 0.0667. The van der Waals surface area contributed by atoms with Crippen LogP contribution in [0, 0.1) is 5.82 Å². The molecule has 1 amide bonds. The Balaban J connectivity index is 1.67. The zero-order valence-electron chi connectivity index (χ0n) is 11.4. The van der Waals surface area contributed by atoms with Crippen LogP contribution in [0.25, 0.3) is 11.5 Å². The molecule has 22 heavy (non-hydrogen) atoms. The van der Waals surface area contributed by atoms with E-state index in [0.29, 0.717) is 11.3 Å². The Kier molecular flexibility index (Phi) is 3.86. The van der Waals surface area contributed by atoms with E-state index in [1.165, 1.54) is 12.1 Å². The van der Waals surface area contributed by atoms with E-state index in [9.17, 15) is 9.18 Å². The maximum absolute atomic E-state index is 13.0. The maximum Gasteiger partial charge on any atom is 0.316 e. The number of carbonyl (C=O) groups is 1. The molecule has 1 N–H and O–H groups in total. The Morgan fingerprint density at radius 3 is 2.91 bits per heavy atom. The van der Waals surface area contributed by atoms with Crippen LogP contribution in [-0.2, 0) is 6.54 Å². The zero-order valence-corrected chi connectivity index (χ0v) is 11.4. The van der Waals surface area contributed by atoms with E-state index < -0.39 is 5.91 Å². The van der Waals surface area contributed by atoms with Crippen molar-refractivity contribution in [3.63, 3.8) is 0 Å². The van der Waals surface area contributed by atoms with Crippen LogP contribution in [0.2, 0.25) is 0 Å². The number of halogens is 1. The summed E-state index contributed by atoms with van der Waals surface area (Å²) in [6, 6.07) is 11.2. The molecule has 0 unspecified atom stereocenters. The van der Waals surface area contributed by atoms with E-state index in [1.54, 1.807) is 36.5 Å². The molecule has 0 atom stereocenters. The third-order valence-corrected chi connectivity index (χ3v) is 2.86. The van der Waals surface area contributed by atoms with Crippen molar-refractivity contribution in [1.82, 2.24) is 20.4 Å². The van der Waals surface area contributed by atoms with Gasteiger partial charge in [-0.2, -0.15) is 4.98 Å². The lowest BCUT2D eigenvalue weighted by Crippen LogP contribution is -2.23. The average molecular weight is 298 g/mol. The quantitative estimate of drug-likeness (QED) is 0.798. The van der Waals surface area contributed by atoms with Crippen LogP contribution in [0.1, 0.15) is 16.2 Å². The molecule has 0 saturated heterocycles. The fourth-order valence-electron chi connectivity index (χ4n) is 1.82. The van der Waals surface area contributed by atoms with Crippen molar-refractivity contribution in [1.29, 1.82) is 0 Å². The third-order valence-electron chi connectivity index (χ3n) is 2.86. The van der Waals surface area contributed by atoms with E-state index in [0.717, 1.165) is 0 Å². The molecule has 0 bridgehead atoms. The topological polar surface area (TPSA) is 80.9 Å². The largest absolute Gasteiger partial charge is 0.344 e. The Morgan fingerprint density at radius 2 is 2.14 bits per heavy atom. The summed E-state index contributed by atoms with van der Waals surface area (Å²) in [6.07, 6.45) is 1.59. The maximum atomic E-state index is 13.0. The van der Waals surface area contributed by atoms with Gasteiger partial charge in [0.2, 0.25) is 5.82 Å². The van der Waals surface area contributed by atoms with E-state index in [2.05, 4.69) is 20.4 Å². The van der Waals surface area contributed by atoms with Gasteiger partial charge >= 0.3 is 11.8 Å². The van der Waals surface area contributed by atoms with Crippen molar-refractivity contribution >= 4 is 5.91 Å². The minimum atomic E-state index is -0.529. The second-order valence-electron chi connectivity index (χ2n) is 4.45. The van der Waals surface area contributed by atoms with Crippen molar-refractivity contribution in [3.8, 4) is 11.5 Å². The van der Waals surface area contributed by atoms with Gasteiger partial charge in [0.25, 0.3) is 0 Å². The van der Waals surface area contributed by atoms with Crippen LogP contribution < -0.4 is 5.32 Å². The van der Waals surface area contributed by atoms with Gasteiger partial charge < -0.3 is 9.84 Å². The van der Waals surface area contributed by atoms with Crippen LogP contribution >= 0.6 is 0 Å². The first kappa shape index (κ1) is 13.9. The van der Waals surface area contributed by atoms with Crippen molar-refractivity contribution in [2.75, 3.05) is 0 Å². The highest BCUT2D eigenvalue weighted by atomic mass is 19.1. The smallest absolute Gasteiger partial charge is 0.316 e. The molecule has 0 spiro atoms. The molecule has 0 aliphatic rings. The fourth-order valence-corrected chi connectivity index (χ4v) is 1.82. The van der Waals surface area contributed by atoms with Gasteiger partial charge in [0.1, 0.15) is 11.5 Å². The van der Waals surface area contributed by atoms with Gasteiger partial charge in [-0.15, -0.1) is 0 Å². The van der Waals surface area contributed by atoms with Crippen molar-refractivity contribution in [2.24, 2.45) is 0 Å². The highest BCUT2D eigenvalue weighted by Crippen LogP contribution is 2.11. The number of hydrogen-bond donors (Lipinski definition) is 1. The van der Waals surface area contributed by atoms with Gasteiger partial charge in [-0.3, -0.25) is 9.78 Å². The first-order valence-corrected chi connectivity index (χ1v) is 6.50. The molecule has 0 radical (unpaired) electrons. The number of carbonyl (C=O) groups excluding carboxylic acids is 1. The zero-order chi connectivity index (χ0) is 15.4. The molecule has 110 valence electrons. The summed E-state index contributed by atoms with van der Waals surface area (Å²) in [7, 11) is 0. The Bertz CT molecular complexity index is 789. The summed E-state index contributed by atoms with van der Waals surface area (Å²) in [5.41, 5.74) is 1.15. The molecular weight excluding hydrogens is 287 g/mol. The number of aromatic nitrogens is 3. The highest BCUT2D eigenvalue weighted by molar-refractivity contribution is 5.89. The predicted octanol–water partition coefficient (Wildman–Crippen LogP) is 2.20. The van der Waals surface area contributed by atoms with Gasteiger partial charge in [0, 0.05) is 12.7 Å². The molecular formula is C15H11FN4O2. The minimum absolute atomic E-state index is 0.165. The summed E-state index contributed by atoms with van der Waals surface area (Å²) in [6.45, 7) is 0.165. The highest BCUT2D eigenvalue weighted by Gasteiger charge is 2.16. The molecule has 0 saturated carbocycles. The van der Waals surface area contributed by atoms with E-state index in [1.807, 2.05) is 0 Å². The first-order chi connectivity index (χ1) is 10.7. The number of amides is 1. The van der Waals surface area contributed by atoms with Crippen LogP contribution in [0.4, 0.5) is 4.39 Å². The van der Waals surface area contributed by atoms with Gasteiger partial charge in [0.05, 0.1) is 0 Å². The summed E-state index contributed by atoms with van der Waals surface area (Å²) in [5.74, 6) is -0.825. The number of benzene rings is 1. The lowest BCUT2D eigenvalue weighted by Gasteiger charge is -2.02. The first-order valence-electron chi connectivity index (χ1n) is 6.50. The van der Waals surface area contributed by atoms with Crippen LogP contribution in [0.15, 0.2) is 53.2 Å². The molecule has 3 aromatic rings. The number of hydrogen-bond acceptors (Lipinski definition) is 5. The van der Waals surface area contributed by atoms with E-state index >= 15 is 0 Å². The molecule has 0 fully saturated rings. The number of rotatable bonds is 4. The monoisotopic (exact) mass is 298 g/mol. The van der Waals surface area contributed by atoms with Crippen LogP contribution in [0.5, 0.6) is 0 Å². The van der Waals surface area contributed by atoms with Gasteiger partial charge in [-0.1, -0.05) is 23.4 Å². The molecule has 0 aliphatic carbocycles. The predicted molar refractivity (Wildman–Crippen MR) is 75.1 cm³/mol. The number of pyridine rings is 1. The van der Waals surface area contributed by atoms with Crippen molar-refractivity contribution in [3.05, 3.63) is 65.9 Å². The van der Waals surface area contributed by atoms with Gasteiger partial charge in [0.15, 0.2) is 0 Å². The van der Waals surface area contributed by atoms with Gasteiger partial charge in [-0.05, 0) is 29.8 Å². The third kappa shape index (κ3) is 3.14. The molecule has 2 heterocycles. The number of nitrogens with zero attached hydrogens (tertiary/aromatic N) is 3. The molecule has 2 aromatic heterocycles. The Hall–Kier alpha value is -3.09. The van der Waals surface area contributed by atoms with Crippen molar-refractivity contribution in [2.45, 2.75) is 6.54 Å². The summed E-state index contributed by atoms with van der Waals surface area (Å²) < 4.78 is 18.0. The Morgan fingerprint density at radius 1 is 1.23 bits per heavy atom. The van der Waals surface area contributed by atoms with Crippen LogP contribution in [0.3, 0.4) is 0 Å². The molecule has 6 nitrogen and oxygen atoms in total. The SMILES string of the molecule is O=C(NCc1cccc(F)c1)c1nc(-c2ccccn2)no1. The normalized spacial score (nSPS) is 10.4. The van der Waals surface area contributed by atoms with Crippen molar-refractivity contribution < 1.29 is 13.7 Å². The molecule has 1 aromatic carbocycles. The summed E-state index contributed by atoms with van der Waals surface area (Å²) >= 11 is 0. The summed E-state index contributed by atoms with van der Waals surface area (Å²) in [5, 5.41) is 6.29. The van der Waals surface area contributed by atoms with Gasteiger partial charge in [-0.25, -0.2) is 4.39 Å². The lowest BCUT2D eigenvalue weighted by molar-refractivity contribution is 0.0907. The second kappa shape index (κ2) is 6.13. The van der Waals surface area contributed by atoms with E-state index in [-0.39, 0.29) is 24.1 Å². The lowest BCUT2D eigenvalue weighted by atomic mass is 10.2. The summed E-state index contributed by atoms with van der Waals surface area (Å²) in [4.78, 5) is 20.0. The second-order valence-corrected chi connectivity index (χ2v) is 4.45.